The Morgan fingerprint density at radius 3 is 2.75 bits per heavy atom. The number of aliphatic carboxylic acids is 1. The number of nitrogens with zero attached hydrogens (tertiary/aromatic N) is 1. The molecule has 2 aromatic heterocycles. The fraction of sp³-hybridized carbons (Fsp3) is 0.200. The number of fused-ring (bicyclic) bond motifs is 1. The SMILES string of the molecule is O=C(O)C(Cc1c[nH]c2cc(OCCCNc3ccccn3)ccc12)c1ccc(Cl)cc1. The number of hydrogen-bond acceptors (Lipinski definition) is 4. The predicted octanol–water partition coefficient (Wildman–Crippen LogP) is 5.51. The summed E-state index contributed by atoms with van der Waals surface area (Å²) < 4.78 is 5.87. The highest BCUT2D eigenvalue weighted by Gasteiger charge is 2.22. The Morgan fingerprint density at radius 1 is 1.16 bits per heavy atom. The summed E-state index contributed by atoms with van der Waals surface area (Å²) in [5.41, 5.74) is 2.60. The average Bonchev–Trinajstić information content (AvgIpc) is 3.20. The molecule has 1 atom stereocenters. The maximum atomic E-state index is 11.9. The number of carbonyl (C=O) groups is 1. The fourth-order valence-corrected chi connectivity index (χ4v) is 3.76. The highest BCUT2D eigenvalue weighted by atomic mass is 35.5. The van der Waals surface area contributed by atoms with Crippen molar-refractivity contribution < 1.29 is 14.6 Å². The second kappa shape index (κ2) is 10.2. The van der Waals surface area contributed by atoms with Crippen LogP contribution in [0.5, 0.6) is 5.75 Å². The number of aromatic nitrogens is 2. The molecular formula is C25H24ClN3O3. The fourth-order valence-electron chi connectivity index (χ4n) is 3.63. The van der Waals surface area contributed by atoms with E-state index in [1.807, 2.05) is 42.6 Å². The standard InChI is InChI=1S/C25H24ClN3O3/c26-19-7-5-17(6-8-19)22(25(30)31)14-18-16-29-23-15-20(9-10-21(18)23)32-13-3-12-28-24-4-1-2-11-27-24/h1-2,4-11,15-16,22,29H,3,12-14H2,(H,27,28)(H,30,31). The zero-order valence-corrected chi connectivity index (χ0v) is 18.2. The van der Waals surface area contributed by atoms with E-state index in [0.717, 1.165) is 46.6 Å². The van der Waals surface area contributed by atoms with Gasteiger partial charge in [0, 0.05) is 40.9 Å². The third kappa shape index (κ3) is 5.39. The molecule has 0 saturated carbocycles. The Kier molecular flexibility index (Phi) is 6.92. The summed E-state index contributed by atoms with van der Waals surface area (Å²) in [6.07, 6.45) is 4.85. The predicted molar refractivity (Wildman–Crippen MR) is 127 cm³/mol. The van der Waals surface area contributed by atoms with E-state index in [-0.39, 0.29) is 0 Å². The van der Waals surface area contributed by atoms with E-state index in [1.165, 1.54) is 0 Å². The van der Waals surface area contributed by atoms with Gasteiger partial charge in [-0.25, -0.2) is 4.98 Å². The van der Waals surface area contributed by atoms with E-state index in [4.69, 9.17) is 16.3 Å². The summed E-state index contributed by atoms with van der Waals surface area (Å²) in [6, 6.07) is 18.6. The summed E-state index contributed by atoms with van der Waals surface area (Å²) in [4.78, 5) is 19.4. The average molecular weight is 450 g/mol. The molecule has 0 bridgehead atoms. The molecule has 0 radical (unpaired) electrons. The molecule has 3 N–H and O–H groups in total. The van der Waals surface area contributed by atoms with Gasteiger partial charge in [0.25, 0.3) is 0 Å². The third-order valence-electron chi connectivity index (χ3n) is 5.29. The number of anilines is 1. The van der Waals surface area contributed by atoms with Crippen molar-refractivity contribution in [3.63, 3.8) is 0 Å². The molecule has 7 heteroatoms. The number of rotatable bonds is 10. The number of benzene rings is 2. The number of aromatic amines is 1. The van der Waals surface area contributed by atoms with Crippen LogP contribution in [0, 0.1) is 0 Å². The molecule has 0 spiro atoms. The first-order chi connectivity index (χ1) is 15.6. The van der Waals surface area contributed by atoms with Crippen molar-refractivity contribution in [3.8, 4) is 5.75 Å². The molecule has 4 aromatic rings. The van der Waals surface area contributed by atoms with Gasteiger partial charge in [0.05, 0.1) is 12.5 Å². The van der Waals surface area contributed by atoms with E-state index in [1.54, 1.807) is 30.5 Å². The third-order valence-corrected chi connectivity index (χ3v) is 5.55. The molecule has 0 saturated heterocycles. The van der Waals surface area contributed by atoms with Crippen molar-refractivity contribution in [2.75, 3.05) is 18.5 Å². The van der Waals surface area contributed by atoms with Crippen molar-refractivity contribution >= 4 is 34.3 Å². The number of halogens is 1. The lowest BCUT2D eigenvalue weighted by Gasteiger charge is -2.13. The van der Waals surface area contributed by atoms with Crippen LogP contribution < -0.4 is 10.1 Å². The van der Waals surface area contributed by atoms with E-state index in [9.17, 15) is 9.90 Å². The second-order valence-electron chi connectivity index (χ2n) is 7.51. The van der Waals surface area contributed by atoms with E-state index < -0.39 is 11.9 Å². The highest BCUT2D eigenvalue weighted by molar-refractivity contribution is 6.30. The van der Waals surface area contributed by atoms with E-state index >= 15 is 0 Å². The quantitative estimate of drug-likeness (QED) is 0.278. The van der Waals surface area contributed by atoms with Crippen LogP contribution in [0.3, 0.4) is 0 Å². The van der Waals surface area contributed by atoms with Crippen molar-refractivity contribution in [3.05, 3.63) is 89.2 Å². The van der Waals surface area contributed by atoms with E-state index in [2.05, 4.69) is 15.3 Å². The molecule has 6 nitrogen and oxygen atoms in total. The van der Waals surface area contributed by atoms with Crippen LogP contribution in [-0.2, 0) is 11.2 Å². The summed E-state index contributed by atoms with van der Waals surface area (Å²) in [5, 5.41) is 14.6. The number of nitrogens with one attached hydrogen (secondary N) is 2. The number of ether oxygens (including phenoxy) is 1. The van der Waals surface area contributed by atoms with Gasteiger partial charge < -0.3 is 20.1 Å². The molecule has 2 heterocycles. The Morgan fingerprint density at radius 2 is 2.00 bits per heavy atom. The van der Waals surface area contributed by atoms with Crippen molar-refractivity contribution in [2.24, 2.45) is 0 Å². The number of H-pyrrole nitrogens is 1. The van der Waals surface area contributed by atoms with Crippen LogP contribution in [0.4, 0.5) is 5.82 Å². The first-order valence-corrected chi connectivity index (χ1v) is 10.8. The molecular weight excluding hydrogens is 426 g/mol. The van der Waals surface area contributed by atoms with Gasteiger partial charge in [-0.05, 0) is 60.4 Å². The Hall–Kier alpha value is -3.51. The van der Waals surface area contributed by atoms with Gasteiger partial charge in [0.1, 0.15) is 11.6 Å². The Bertz CT molecular complexity index is 1180. The van der Waals surface area contributed by atoms with Gasteiger partial charge >= 0.3 is 5.97 Å². The van der Waals surface area contributed by atoms with Crippen LogP contribution in [0.2, 0.25) is 5.02 Å². The number of carboxylic acids is 1. The minimum atomic E-state index is -0.860. The van der Waals surface area contributed by atoms with Crippen LogP contribution in [0.25, 0.3) is 10.9 Å². The van der Waals surface area contributed by atoms with Crippen LogP contribution in [0.15, 0.2) is 73.1 Å². The van der Waals surface area contributed by atoms with E-state index in [0.29, 0.717) is 18.1 Å². The number of pyridine rings is 1. The summed E-state index contributed by atoms with van der Waals surface area (Å²) in [7, 11) is 0. The molecule has 0 aliphatic heterocycles. The van der Waals surface area contributed by atoms with Crippen LogP contribution in [-0.4, -0.2) is 34.2 Å². The van der Waals surface area contributed by atoms with Gasteiger partial charge in [-0.1, -0.05) is 29.8 Å². The van der Waals surface area contributed by atoms with Crippen LogP contribution in [0.1, 0.15) is 23.5 Å². The van der Waals surface area contributed by atoms with Crippen molar-refractivity contribution in [2.45, 2.75) is 18.8 Å². The summed E-state index contributed by atoms with van der Waals surface area (Å²) in [6.45, 7) is 1.35. The van der Waals surface area contributed by atoms with Gasteiger partial charge in [0.15, 0.2) is 0 Å². The topological polar surface area (TPSA) is 87.2 Å². The molecule has 164 valence electrons. The second-order valence-corrected chi connectivity index (χ2v) is 7.95. The molecule has 0 aliphatic rings. The minimum Gasteiger partial charge on any atom is -0.493 e. The van der Waals surface area contributed by atoms with Crippen molar-refractivity contribution in [1.82, 2.24) is 9.97 Å². The molecule has 0 amide bonds. The van der Waals surface area contributed by atoms with Crippen LogP contribution >= 0.6 is 11.6 Å². The lowest BCUT2D eigenvalue weighted by atomic mass is 9.92. The van der Waals surface area contributed by atoms with Gasteiger partial charge in [-0.3, -0.25) is 4.79 Å². The monoisotopic (exact) mass is 449 g/mol. The lowest BCUT2D eigenvalue weighted by Crippen LogP contribution is -2.14. The Labute approximate surface area is 191 Å². The smallest absolute Gasteiger partial charge is 0.311 e. The molecule has 32 heavy (non-hydrogen) atoms. The Balaban J connectivity index is 1.36. The maximum absolute atomic E-state index is 11.9. The lowest BCUT2D eigenvalue weighted by molar-refractivity contribution is -0.138. The maximum Gasteiger partial charge on any atom is 0.311 e. The summed E-state index contributed by atoms with van der Waals surface area (Å²) in [5.74, 6) is 0.122. The molecule has 4 rings (SSSR count). The van der Waals surface area contributed by atoms with Gasteiger partial charge in [-0.15, -0.1) is 0 Å². The first kappa shape index (κ1) is 21.7. The molecule has 2 aromatic carbocycles. The number of carboxylic acid groups (broad SMARTS) is 1. The normalized spacial score (nSPS) is 11.9. The first-order valence-electron chi connectivity index (χ1n) is 10.5. The molecule has 0 aliphatic carbocycles. The minimum absolute atomic E-state index is 0.385. The zero-order chi connectivity index (χ0) is 22.3. The van der Waals surface area contributed by atoms with Crippen molar-refractivity contribution in [1.29, 1.82) is 0 Å². The van der Waals surface area contributed by atoms with Gasteiger partial charge in [-0.2, -0.15) is 0 Å². The molecule has 1 unspecified atom stereocenters. The summed E-state index contributed by atoms with van der Waals surface area (Å²) >= 11 is 5.94. The largest absolute Gasteiger partial charge is 0.493 e. The zero-order valence-electron chi connectivity index (χ0n) is 17.4. The van der Waals surface area contributed by atoms with Gasteiger partial charge in [0.2, 0.25) is 0 Å². The molecule has 0 fully saturated rings. The highest BCUT2D eigenvalue weighted by Crippen LogP contribution is 2.29. The number of hydrogen-bond donors (Lipinski definition) is 3.